The van der Waals surface area contributed by atoms with Gasteiger partial charge in [-0.3, -0.25) is 0 Å². The molecule has 1 unspecified atom stereocenters. The molecule has 78 valence electrons. The predicted molar refractivity (Wildman–Crippen MR) is 57.8 cm³/mol. The number of rotatable bonds is 2. The Morgan fingerprint density at radius 2 is 2.43 bits per heavy atom. The molecular weight excluding hydrogens is 244 g/mol. The van der Waals surface area contributed by atoms with Crippen LogP contribution in [-0.2, 0) is 9.84 Å². The fraction of sp³-hybridized carbons (Fsp3) is 0.571. The van der Waals surface area contributed by atoms with Gasteiger partial charge in [0.05, 0.1) is 11.5 Å². The molecule has 1 fully saturated rings. The van der Waals surface area contributed by atoms with E-state index in [1.54, 1.807) is 5.38 Å². The second-order valence-corrected chi connectivity index (χ2v) is 6.90. The third kappa shape index (κ3) is 2.37. The number of sulfone groups is 1. The Bertz CT molecular complexity index is 429. The lowest BCUT2D eigenvalue weighted by Crippen LogP contribution is -2.20. The van der Waals surface area contributed by atoms with Crippen molar-refractivity contribution in [3.8, 4) is 0 Å². The van der Waals surface area contributed by atoms with Gasteiger partial charge in [0.1, 0.15) is 5.82 Å². The van der Waals surface area contributed by atoms with E-state index >= 15 is 0 Å². The van der Waals surface area contributed by atoms with Gasteiger partial charge in [-0.15, -0.1) is 11.3 Å². The van der Waals surface area contributed by atoms with Crippen molar-refractivity contribution in [2.45, 2.75) is 12.5 Å². The van der Waals surface area contributed by atoms with Crippen LogP contribution in [0.25, 0.3) is 0 Å². The molecule has 1 atom stereocenters. The maximum absolute atomic E-state index is 11.2. The van der Waals surface area contributed by atoms with E-state index in [2.05, 4.69) is 10.3 Å². The Balaban J connectivity index is 2.00. The van der Waals surface area contributed by atoms with E-state index in [-0.39, 0.29) is 17.5 Å². The Hall–Kier alpha value is -0.330. The van der Waals surface area contributed by atoms with Crippen molar-refractivity contribution >= 4 is 38.6 Å². The molecule has 1 aromatic heterocycles. The minimum absolute atomic E-state index is 0.0156. The van der Waals surface area contributed by atoms with Gasteiger partial charge in [-0.25, -0.2) is 13.4 Å². The highest BCUT2D eigenvalue weighted by Crippen LogP contribution is 2.22. The van der Waals surface area contributed by atoms with Crippen molar-refractivity contribution in [1.29, 1.82) is 0 Å². The number of nitrogens with zero attached hydrogens (tertiary/aromatic N) is 1. The SMILES string of the molecule is O=S1(=O)CCC(Nc2csc(Cl)n2)C1. The number of halogens is 1. The predicted octanol–water partition coefficient (Wildman–Crippen LogP) is 1.40. The molecule has 2 rings (SSSR count). The first-order chi connectivity index (χ1) is 6.55. The number of aromatic nitrogens is 1. The molecule has 0 saturated carbocycles. The first-order valence-corrected chi connectivity index (χ1v) is 7.21. The van der Waals surface area contributed by atoms with Crippen LogP contribution in [0.4, 0.5) is 5.82 Å². The topological polar surface area (TPSA) is 59.1 Å². The number of anilines is 1. The van der Waals surface area contributed by atoms with Crippen molar-refractivity contribution in [2.24, 2.45) is 0 Å². The monoisotopic (exact) mass is 252 g/mol. The summed E-state index contributed by atoms with van der Waals surface area (Å²) in [5.41, 5.74) is 0. The van der Waals surface area contributed by atoms with Crippen LogP contribution in [0.2, 0.25) is 4.47 Å². The van der Waals surface area contributed by atoms with Crippen LogP contribution in [0.15, 0.2) is 5.38 Å². The van der Waals surface area contributed by atoms with Crippen molar-refractivity contribution in [3.05, 3.63) is 9.85 Å². The summed E-state index contributed by atoms with van der Waals surface area (Å²) in [4.78, 5) is 4.00. The largest absolute Gasteiger partial charge is 0.366 e. The third-order valence-corrected chi connectivity index (χ3v) is 4.81. The lowest BCUT2D eigenvalue weighted by atomic mass is 10.3. The first kappa shape index (κ1) is 10.2. The second kappa shape index (κ2) is 3.67. The molecule has 0 amide bonds. The fourth-order valence-electron chi connectivity index (χ4n) is 1.44. The van der Waals surface area contributed by atoms with Gasteiger partial charge in [-0.2, -0.15) is 0 Å². The third-order valence-electron chi connectivity index (χ3n) is 2.06. The summed E-state index contributed by atoms with van der Waals surface area (Å²) in [7, 11) is -2.83. The summed E-state index contributed by atoms with van der Waals surface area (Å²) in [6.45, 7) is 0. The number of thiazole rings is 1. The normalized spacial score (nSPS) is 25.1. The highest BCUT2D eigenvalue weighted by molar-refractivity contribution is 7.91. The molecule has 4 nitrogen and oxygen atoms in total. The van der Waals surface area contributed by atoms with Gasteiger partial charge in [-0.05, 0) is 6.42 Å². The lowest BCUT2D eigenvalue weighted by Gasteiger charge is -2.08. The van der Waals surface area contributed by atoms with Gasteiger partial charge >= 0.3 is 0 Å². The molecule has 0 radical (unpaired) electrons. The summed E-state index contributed by atoms with van der Waals surface area (Å²) in [5, 5.41) is 4.84. The maximum Gasteiger partial charge on any atom is 0.185 e. The van der Waals surface area contributed by atoms with E-state index in [4.69, 9.17) is 11.6 Å². The van der Waals surface area contributed by atoms with Gasteiger partial charge in [0.2, 0.25) is 0 Å². The average Bonchev–Trinajstić information content (AvgIpc) is 2.59. The van der Waals surface area contributed by atoms with E-state index in [0.29, 0.717) is 16.7 Å². The Morgan fingerprint density at radius 3 is 2.93 bits per heavy atom. The van der Waals surface area contributed by atoms with Crippen LogP contribution in [0.3, 0.4) is 0 Å². The van der Waals surface area contributed by atoms with Crippen LogP contribution in [0.1, 0.15) is 6.42 Å². The summed E-state index contributed by atoms with van der Waals surface area (Å²) in [6, 6.07) is -0.0156. The van der Waals surface area contributed by atoms with Crippen molar-refractivity contribution in [3.63, 3.8) is 0 Å². The highest BCUT2D eigenvalue weighted by atomic mass is 35.5. The molecule has 1 aliphatic heterocycles. The first-order valence-electron chi connectivity index (χ1n) is 4.13. The zero-order valence-corrected chi connectivity index (χ0v) is 9.62. The minimum Gasteiger partial charge on any atom is -0.366 e. The van der Waals surface area contributed by atoms with E-state index in [1.807, 2.05) is 0 Å². The molecular formula is C7H9ClN2O2S2. The Labute approximate surface area is 91.2 Å². The standard InChI is InChI=1S/C7H9ClN2O2S2/c8-7-10-6(3-13-7)9-5-1-2-14(11,12)4-5/h3,5,9H,1-2,4H2. The van der Waals surface area contributed by atoms with E-state index < -0.39 is 9.84 Å². The quantitative estimate of drug-likeness (QED) is 0.864. The molecule has 14 heavy (non-hydrogen) atoms. The molecule has 1 aliphatic rings. The van der Waals surface area contributed by atoms with Gasteiger partial charge in [0.25, 0.3) is 0 Å². The number of hydrogen-bond donors (Lipinski definition) is 1. The minimum atomic E-state index is -2.83. The van der Waals surface area contributed by atoms with Crippen molar-refractivity contribution < 1.29 is 8.42 Å². The van der Waals surface area contributed by atoms with E-state index in [0.717, 1.165) is 0 Å². The maximum atomic E-state index is 11.2. The summed E-state index contributed by atoms with van der Waals surface area (Å²) in [6.07, 6.45) is 0.650. The molecule has 7 heteroatoms. The zero-order chi connectivity index (χ0) is 10.2. The second-order valence-electron chi connectivity index (χ2n) is 3.23. The van der Waals surface area contributed by atoms with Crippen LogP contribution in [0, 0.1) is 0 Å². The summed E-state index contributed by atoms with van der Waals surface area (Å²) < 4.78 is 22.8. The van der Waals surface area contributed by atoms with Gasteiger partial charge in [0.15, 0.2) is 14.3 Å². The highest BCUT2D eigenvalue weighted by Gasteiger charge is 2.27. The van der Waals surface area contributed by atoms with Gasteiger partial charge < -0.3 is 5.32 Å². The lowest BCUT2D eigenvalue weighted by molar-refractivity contribution is 0.602. The van der Waals surface area contributed by atoms with Gasteiger partial charge in [0, 0.05) is 11.4 Å². The Morgan fingerprint density at radius 1 is 1.64 bits per heavy atom. The molecule has 0 aromatic carbocycles. The van der Waals surface area contributed by atoms with Crippen molar-refractivity contribution in [1.82, 2.24) is 4.98 Å². The average molecular weight is 253 g/mol. The fourth-order valence-corrected chi connectivity index (χ4v) is 3.81. The van der Waals surface area contributed by atoms with Gasteiger partial charge in [-0.1, -0.05) is 11.6 Å². The van der Waals surface area contributed by atoms with Crippen LogP contribution in [0.5, 0.6) is 0 Å². The molecule has 0 bridgehead atoms. The van der Waals surface area contributed by atoms with Crippen molar-refractivity contribution in [2.75, 3.05) is 16.8 Å². The molecule has 0 aliphatic carbocycles. The molecule has 1 saturated heterocycles. The summed E-state index contributed by atoms with van der Waals surface area (Å²) in [5.74, 6) is 1.13. The smallest absolute Gasteiger partial charge is 0.185 e. The molecule has 2 heterocycles. The van der Waals surface area contributed by atoms with Crippen LogP contribution in [-0.4, -0.2) is 30.9 Å². The number of hydrogen-bond acceptors (Lipinski definition) is 5. The molecule has 1 N–H and O–H groups in total. The summed E-state index contributed by atoms with van der Waals surface area (Å²) >= 11 is 6.98. The van der Waals surface area contributed by atoms with Crippen LogP contribution >= 0.6 is 22.9 Å². The van der Waals surface area contributed by atoms with E-state index in [9.17, 15) is 8.42 Å². The molecule has 0 spiro atoms. The molecule has 1 aromatic rings. The number of nitrogens with one attached hydrogen (secondary N) is 1. The van der Waals surface area contributed by atoms with Crippen LogP contribution < -0.4 is 5.32 Å². The zero-order valence-electron chi connectivity index (χ0n) is 7.23. The van der Waals surface area contributed by atoms with E-state index in [1.165, 1.54) is 11.3 Å². The Kier molecular flexibility index (Phi) is 2.68.